The molecular formula is C18H13F2NO. The second-order valence-electron chi connectivity index (χ2n) is 4.89. The van der Waals surface area contributed by atoms with Crippen molar-refractivity contribution in [2.24, 2.45) is 0 Å². The fourth-order valence-corrected chi connectivity index (χ4v) is 2.47. The van der Waals surface area contributed by atoms with Gasteiger partial charge in [0.1, 0.15) is 11.6 Å². The van der Waals surface area contributed by atoms with E-state index in [1.54, 1.807) is 36.7 Å². The number of aliphatic hydroxyl groups excluding tert-OH is 1. The quantitative estimate of drug-likeness (QED) is 0.786. The maximum absolute atomic E-state index is 13.4. The van der Waals surface area contributed by atoms with Gasteiger partial charge in [-0.3, -0.25) is 4.98 Å². The van der Waals surface area contributed by atoms with E-state index in [1.807, 2.05) is 0 Å². The van der Waals surface area contributed by atoms with Crippen molar-refractivity contribution in [1.29, 1.82) is 0 Å². The molecule has 0 spiro atoms. The number of aromatic nitrogens is 1. The van der Waals surface area contributed by atoms with E-state index >= 15 is 0 Å². The second-order valence-corrected chi connectivity index (χ2v) is 4.89. The van der Waals surface area contributed by atoms with Crippen LogP contribution in [0.2, 0.25) is 0 Å². The standard InChI is InChI=1S/C18H13F2NO/c19-14-5-1-3-12(7-14)16-9-21-10-17(18(16)11-22)13-4-2-6-15(20)8-13/h1-10,22H,11H2. The summed E-state index contributed by atoms with van der Waals surface area (Å²) in [5, 5.41) is 9.75. The van der Waals surface area contributed by atoms with Crippen LogP contribution in [0.4, 0.5) is 8.78 Å². The topological polar surface area (TPSA) is 33.1 Å². The largest absolute Gasteiger partial charge is 0.392 e. The summed E-state index contributed by atoms with van der Waals surface area (Å²) in [7, 11) is 0. The van der Waals surface area contributed by atoms with Gasteiger partial charge in [0.05, 0.1) is 6.61 Å². The fraction of sp³-hybridized carbons (Fsp3) is 0.0556. The highest BCUT2D eigenvalue weighted by Crippen LogP contribution is 2.32. The van der Waals surface area contributed by atoms with Crippen LogP contribution < -0.4 is 0 Å². The molecule has 110 valence electrons. The maximum Gasteiger partial charge on any atom is 0.123 e. The number of halogens is 2. The summed E-state index contributed by atoms with van der Waals surface area (Å²) in [6.07, 6.45) is 3.15. The van der Waals surface area contributed by atoms with E-state index in [1.165, 1.54) is 24.3 Å². The first-order valence-corrected chi connectivity index (χ1v) is 6.78. The van der Waals surface area contributed by atoms with Crippen LogP contribution in [-0.4, -0.2) is 10.1 Å². The molecule has 2 aromatic carbocycles. The molecule has 2 nitrogen and oxygen atoms in total. The first-order valence-electron chi connectivity index (χ1n) is 6.78. The molecule has 0 aliphatic rings. The van der Waals surface area contributed by atoms with Crippen LogP contribution in [-0.2, 0) is 6.61 Å². The van der Waals surface area contributed by atoms with E-state index in [9.17, 15) is 13.9 Å². The number of pyridine rings is 1. The van der Waals surface area contributed by atoms with Crippen LogP contribution in [0.15, 0.2) is 60.9 Å². The third-order valence-electron chi connectivity index (χ3n) is 3.49. The molecule has 0 atom stereocenters. The second kappa shape index (κ2) is 6.03. The first kappa shape index (κ1) is 14.4. The van der Waals surface area contributed by atoms with Gasteiger partial charge in [-0.1, -0.05) is 24.3 Å². The molecule has 0 radical (unpaired) electrons. The lowest BCUT2D eigenvalue weighted by Gasteiger charge is -2.13. The minimum atomic E-state index is -0.363. The van der Waals surface area contributed by atoms with Gasteiger partial charge in [-0.25, -0.2) is 8.78 Å². The van der Waals surface area contributed by atoms with Gasteiger partial charge in [-0.05, 0) is 41.0 Å². The summed E-state index contributed by atoms with van der Waals surface area (Å²) < 4.78 is 26.9. The van der Waals surface area contributed by atoms with Crippen LogP contribution >= 0.6 is 0 Å². The molecule has 0 amide bonds. The van der Waals surface area contributed by atoms with Crippen molar-refractivity contribution in [2.75, 3.05) is 0 Å². The summed E-state index contributed by atoms with van der Waals surface area (Å²) >= 11 is 0. The van der Waals surface area contributed by atoms with E-state index in [-0.39, 0.29) is 18.2 Å². The molecule has 1 N–H and O–H groups in total. The Balaban J connectivity index is 2.20. The highest BCUT2D eigenvalue weighted by Gasteiger charge is 2.12. The summed E-state index contributed by atoms with van der Waals surface area (Å²) in [4.78, 5) is 4.15. The lowest BCUT2D eigenvalue weighted by molar-refractivity contribution is 0.283. The van der Waals surface area contributed by atoms with Crippen molar-refractivity contribution in [1.82, 2.24) is 4.98 Å². The van der Waals surface area contributed by atoms with Crippen molar-refractivity contribution in [3.63, 3.8) is 0 Å². The van der Waals surface area contributed by atoms with Gasteiger partial charge in [-0.15, -0.1) is 0 Å². The van der Waals surface area contributed by atoms with Gasteiger partial charge in [-0.2, -0.15) is 0 Å². The number of benzene rings is 2. The highest BCUT2D eigenvalue weighted by molar-refractivity contribution is 5.77. The van der Waals surface area contributed by atoms with E-state index in [2.05, 4.69) is 4.98 Å². The average Bonchev–Trinajstić information content (AvgIpc) is 2.54. The summed E-state index contributed by atoms with van der Waals surface area (Å²) in [6.45, 7) is -0.250. The Bertz CT molecular complexity index is 754. The minimum absolute atomic E-state index is 0.250. The normalized spacial score (nSPS) is 10.7. The smallest absolute Gasteiger partial charge is 0.123 e. The van der Waals surface area contributed by atoms with Crippen LogP contribution in [0.1, 0.15) is 5.56 Å². The average molecular weight is 297 g/mol. The van der Waals surface area contributed by atoms with E-state index in [0.29, 0.717) is 27.8 Å². The van der Waals surface area contributed by atoms with Crippen molar-refractivity contribution in [3.05, 3.63) is 78.1 Å². The van der Waals surface area contributed by atoms with Crippen LogP contribution in [0, 0.1) is 11.6 Å². The molecule has 22 heavy (non-hydrogen) atoms. The van der Waals surface area contributed by atoms with Crippen LogP contribution in [0.25, 0.3) is 22.3 Å². The molecule has 1 heterocycles. The first-order chi connectivity index (χ1) is 10.7. The predicted molar refractivity (Wildman–Crippen MR) is 80.9 cm³/mol. The number of hydrogen-bond acceptors (Lipinski definition) is 2. The SMILES string of the molecule is OCc1c(-c2cccc(F)c2)cncc1-c1cccc(F)c1. The summed E-state index contributed by atoms with van der Waals surface area (Å²) in [5.74, 6) is -0.727. The number of hydrogen-bond donors (Lipinski definition) is 1. The van der Waals surface area contributed by atoms with E-state index in [0.717, 1.165) is 0 Å². The third-order valence-corrected chi connectivity index (χ3v) is 3.49. The Morgan fingerprint density at radius 2 is 1.32 bits per heavy atom. The Morgan fingerprint density at radius 3 is 1.73 bits per heavy atom. The summed E-state index contributed by atoms with van der Waals surface area (Å²) in [6, 6.07) is 12.2. The van der Waals surface area contributed by atoms with Crippen molar-refractivity contribution < 1.29 is 13.9 Å². The van der Waals surface area contributed by atoms with E-state index in [4.69, 9.17) is 0 Å². The van der Waals surface area contributed by atoms with Gasteiger partial charge >= 0.3 is 0 Å². The molecule has 1 aromatic heterocycles. The minimum Gasteiger partial charge on any atom is -0.392 e. The van der Waals surface area contributed by atoms with Crippen molar-refractivity contribution in [3.8, 4) is 22.3 Å². The molecule has 4 heteroatoms. The zero-order valence-corrected chi connectivity index (χ0v) is 11.6. The highest BCUT2D eigenvalue weighted by atomic mass is 19.1. The van der Waals surface area contributed by atoms with Gasteiger partial charge in [0, 0.05) is 23.5 Å². The molecule has 0 fully saturated rings. The molecule has 0 aliphatic heterocycles. The van der Waals surface area contributed by atoms with E-state index < -0.39 is 0 Å². The molecule has 0 unspecified atom stereocenters. The van der Waals surface area contributed by atoms with Crippen molar-refractivity contribution >= 4 is 0 Å². The predicted octanol–water partition coefficient (Wildman–Crippen LogP) is 4.19. The lowest BCUT2D eigenvalue weighted by atomic mass is 9.95. The maximum atomic E-state index is 13.4. The Morgan fingerprint density at radius 1 is 0.818 bits per heavy atom. The fourth-order valence-electron chi connectivity index (χ4n) is 2.47. The molecule has 0 aliphatic carbocycles. The van der Waals surface area contributed by atoms with Gasteiger partial charge in [0.15, 0.2) is 0 Å². The zero-order valence-electron chi connectivity index (χ0n) is 11.6. The van der Waals surface area contributed by atoms with Gasteiger partial charge < -0.3 is 5.11 Å². The van der Waals surface area contributed by atoms with Gasteiger partial charge in [0.25, 0.3) is 0 Å². The molecule has 3 aromatic rings. The molecule has 0 bridgehead atoms. The monoisotopic (exact) mass is 297 g/mol. The Labute approximate surface area is 126 Å². The van der Waals surface area contributed by atoms with Gasteiger partial charge in [0.2, 0.25) is 0 Å². The summed E-state index contributed by atoms with van der Waals surface area (Å²) in [5.41, 5.74) is 3.09. The molecule has 0 saturated heterocycles. The molecule has 3 rings (SSSR count). The number of nitrogens with zero attached hydrogens (tertiary/aromatic N) is 1. The molecule has 0 saturated carbocycles. The Kier molecular flexibility index (Phi) is 3.94. The zero-order chi connectivity index (χ0) is 15.5. The molecular weight excluding hydrogens is 284 g/mol. The van der Waals surface area contributed by atoms with Crippen LogP contribution in [0.5, 0.6) is 0 Å². The van der Waals surface area contributed by atoms with Crippen molar-refractivity contribution in [2.45, 2.75) is 6.61 Å². The Hall–Kier alpha value is -2.59. The van der Waals surface area contributed by atoms with Crippen LogP contribution in [0.3, 0.4) is 0 Å². The number of rotatable bonds is 3. The third kappa shape index (κ3) is 2.73. The number of aliphatic hydroxyl groups is 1. The lowest BCUT2D eigenvalue weighted by Crippen LogP contribution is -1.96.